The van der Waals surface area contributed by atoms with E-state index in [1.165, 1.54) is 6.92 Å². The van der Waals surface area contributed by atoms with Gasteiger partial charge in [-0.3, -0.25) is 14.4 Å². The first-order valence-corrected chi connectivity index (χ1v) is 7.91. The summed E-state index contributed by atoms with van der Waals surface area (Å²) in [7, 11) is 0. The summed E-state index contributed by atoms with van der Waals surface area (Å²) in [6.07, 6.45) is 0. The molecule has 0 atom stereocenters. The molecule has 3 amide bonds. The van der Waals surface area contributed by atoms with E-state index in [-0.39, 0.29) is 5.91 Å². The molecule has 0 aliphatic carbocycles. The van der Waals surface area contributed by atoms with Gasteiger partial charge in [-0.25, -0.2) is 0 Å². The van der Waals surface area contributed by atoms with Crippen LogP contribution in [0.4, 0.5) is 17.1 Å². The number of fused-ring (bicyclic) bond motifs is 1. The number of anilines is 3. The zero-order valence-electron chi connectivity index (χ0n) is 14.0. The largest absolute Gasteiger partial charge is 0.486 e. The summed E-state index contributed by atoms with van der Waals surface area (Å²) >= 11 is 0. The van der Waals surface area contributed by atoms with Gasteiger partial charge in [-0.2, -0.15) is 0 Å². The van der Waals surface area contributed by atoms with Crippen molar-refractivity contribution in [2.75, 3.05) is 29.2 Å². The van der Waals surface area contributed by atoms with Gasteiger partial charge in [0.2, 0.25) is 5.91 Å². The molecule has 3 rings (SSSR count). The Morgan fingerprint density at radius 2 is 1.23 bits per heavy atom. The van der Waals surface area contributed by atoms with Crippen LogP contribution in [0, 0.1) is 0 Å². The van der Waals surface area contributed by atoms with Crippen molar-refractivity contribution in [2.45, 2.75) is 6.92 Å². The number of rotatable bonds is 3. The normalized spacial score (nSPS) is 12.0. The highest BCUT2D eigenvalue weighted by Gasteiger charge is 2.17. The van der Waals surface area contributed by atoms with Crippen LogP contribution in [0.1, 0.15) is 6.92 Å². The van der Waals surface area contributed by atoms with Gasteiger partial charge in [0, 0.05) is 30.1 Å². The first-order valence-electron chi connectivity index (χ1n) is 7.91. The maximum Gasteiger partial charge on any atom is 0.314 e. The van der Waals surface area contributed by atoms with Gasteiger partial charge in [0.1, 0.15) is 13.2 Å². The summed E-state index contributed by atoms with van der Waals surface area (Å²) in [6, 6.07) is 11.3. The second kappa shape index (κ2) is 7.56. The molecule has 1 heterocycles. The van der Waals surface area contributed by atoms with Crippen LogP contribution in [0.3, 0.4) is 0 Å². The average molecular weight is 355 g/mol. The second-order valence-corrected chi connectivity index (χ2v) is 5.53. The molecule has 0 spiro atoms. The Hall–Kier alpha value is -3.55. The fraction of sp³-hybridized carbons (Fsp3) is 0.167. The third-order valence-electron chi connectivity index (χ3n) is 3.47. The SMILES string of the molecule is CC(=O)Nc1ccc(NC(=O)C(=O)Nc2ccc3c(c2)OCCO3)cc1. The molecular weight excluding hydrogens is 338 g/mol. The molecule has 0 saturated carbocycles. The number of hydrogen-bond acceptors (Lipinski definition) is 5. The number of hydrogen-bond donors (Lipinski definition) is 3. The number of amides is 3. The van der Waals surface area contributed by atoms with Crippen molar-refractivity contribution >= 4 is 34.8 Å². The Morgan fingerprint density at radius 1 is 0.731 bits per heavy atom. The second-order valence-electron chi connectivity index (χ2n) is 5.53. The number of nitrogens with one attached hydrogen (secondary N) is 3. The molecule has 2 aromatic rings. The molecule has 1 aliphatic rings. The van der Waals surface area contributed by atoms with Crippen LogP contribution in [0.25, 0.3) is 0 Å². The minimum absolute atomic E-state index is 0.194. The lowest BCUT2D eigenvalue weighted by molar-refractivity contribution is -0.133. The Bertz CT molecular complexity index is 848. The van der Waals surface area contributed by atoms with E-state index in [0.29, 0.717) is 41.8 Å². The number of carbonyl (C=O) groups is 3. The minimum Gasteiger partial charge on any atom is -0.486 e. The smallest absolute Gasteiger partial charge is 0.314 e. The summed E-state index contributed by atoms with van der Waals surface area (Å²) < 4.78 is 10.8. The van der Waals surface area contributed by atoms with Crippen LogP contribution in [-0.4, -0.2) is 30.9 Å². The van der Waals surface area contributed by atoms with Crippen molar-refractivity contribution < 1.29 is 23.9 Å². The molecular formula is C18H17N3O5. The zero-order chi connectivity index (χ0) is 18.5. The molecule has 0 unspecified atom stereocenters. The maximum atomic E-state index is 12.0. The Kier molecular flexibility index (Phi) is 5.02. The van der Waals surface area contributed by atoms with Crippen LogP contribution in [0.5, 0.6) is 11.5 Å². The van der Waals surface area contributed by atoms with Crippen molar-refractivity contribution in [3.05, 3.63) is 42.5 Å². The van der Waals surface area contributed by atoms with Gasteiger partial charge in [0.05, 0.1) is 0 Å². The van der Waals surface area contributed by atoms with Gasteiger partial charge >= 0.3 is 11.8 Å². The highest BCUT2D eigenvalue weighted by molar-refractivity contribution is 6.43. The zero-order valence-corrected chi connectivity index (χ0v) is 14.0. The minimum atomic E-state index is -0.813. The van der Waals surface area contributed by atoms with E-state index in [2.05, 4.69) is 16.0 Å². The Morgan fingerprint density at radius 3 is 1.85 bits per heavy atom. The summed E-state index contributed by atoms with van der Waals surface area (Å²) in [4.78, 5) is 35.0. The van der Waals surface area contributed by atoms with Crippen LogP contribution in [-0.2, 0) is 14.4 Å². The quantitative estimate of drug-likeness (QED) is 0.730. The summed E-state index contributed by atoms with van der Waals surface area (Å²) in [6.45, 7) is 2.30. The van der Waals surface area contributed by atoms with Gasteiger partial charge in [-0.1, -0.05) is 0 Å². The highest BCUT2D eigenvalue weighted by Crippen LogP contribution is 2.32. The molecule has 0 radical (unpaired) electrons. The third kappa shape index (κ3) is 4.29. The first kappa shape index (κ1) is 17.3. The first-order chi connectivity index (χ1) is 12.5. The molecule has 3 N–H and O–H groups in total. The summed E-state index contributed by atoms with van der Waals surface area (Å²) in [5.41, 5.74) is 1.45. The molecule has 0 fully saturated rings. The molecule has 26 heavy (non-hydrogen) atoms. The summed E-state index contributed by atoms with van der Waals surface area (Å²) in [5, 5.41) is 7.60. The topological polar surface area (TPSA) is 106 Å². The van der Waals surface area contributed by atoms with E-state index >= 15 is 0 Å². The number of carbonyl (C=O) groups excluding carboxylic acids is 3. The van der Waals surface area contributed by atoms with E-state index in [9.17, 15) is 14.4 Å². The summed E-state index contributed by atoms with van der Waals surface area (Å²) in [5.74, 6) is -0.707. The van der Waals surface area contributed by atoms with Crippen molar-refractivity contribution in [2.24, 2.45) is 0 Å². The van der Waals surface area contributed by atoms with Gasteiger partial charge in [-0.05, 0) is 36.4 Å². The lowest BCUT2D eigenvalue weighted by Gasteiger charge is -2.18. The lowest BCUT2D eigenvalue weighted by Crippen LogP contribution is -2.29. The third-order valence-corrected chi connectivity index (χ3v) is 3.47. The average Bonchev–Trinajstić information content (AvgIpc) is 2.62. The standard InChI is InChI=1S/C18H17N3O5/c1-11(22)19-12-2-4-13(5-3-12)20-17(23)18(24)21-14-6-7-15-16(10-14)26-9-8-25-15/h2-7,10H,8-9H2,1H3,(H,19,22)(H,20,23)(H,21,24). The Labute approximate surface area is 149 Å². The molecule has 0 bridgehead atoms. The molecule has 8 nitrogen and oxygen atoms in total. The van der Waals surface area contributed by atoms with E-state index in [4.69, 9.17) is 9.47 Å². The molecule has 134 valence electrons. The predicted molar refractivity (Wildman–Crippen MR) is 95.4 cm³/mol. The van der Waals surface area contributed by atoms with Crippen molar-refractivity contribution in [1.29, 1.82) is 0 Å². The Balaban J connectivity index is 1.59. The van der Waals surface area contributed by atoms with Crippen molar-refractivity contribution in [3.63, 3.8) is 0 Å². The van der Waals surface area contributed by atoms with Gasteiger partial charge in [0.15, 0.2) is 11.5 Å². The van der Waals surface area contributed by atoms with Gasteiger partial charge < -0.3 is 25.4 Å². The van der Waals surface area contributed by atoms with E-state index in [1.807, 2.05) is 0 Å². The van der Waals surface area contributed by atoms with Crippen molar-refractivity contribution in [1.82, 2.24) is 0 Å². The fourth-order valence-corrected chi connectivity index (χ4v) is 2.34. The van der Waals surface area contributed by atoms with Crippen LogP contribution in [0.15, 0.2) is 42.5 Å². The maximum absolute atomic E-state index is 12.0. The molecule has 2 aromatic carbocycles. The van der Waals surface area contributed by atoms with Gasteiger partial charge in [-0.15, -0.1) is 0 Å². The number of benzene rings is 2. The van der Waals surface area contributed by atoms with Crippen LogP contribution < -0.4 is 25.4 Å². The van der Waals surface area contributed by atoms with Gasteiger partial charge in [0.25, 0.3) is 0 Å². The molecule has 1 aliphatic heterocycles. The van der Waals surface area contributed by atoms with E-state index < -0.39 is 11.8 Å². The van der Waals surface area contributed by atoms with Crippen LogP contribution in [0.2, 0.25) is 0 Å². The van der Waals surface area contributed by atoms with Crippen LogP contribution >= 0.6 is 0 Å². The predicted octanol–water partition coefficient (Wildman–Crippen LogP) is 1.99. The van der Waals surface area contributed by atoms with E-state index in [0.717, 1.165) is 0 Å². The monoisotopic (exact) mass is 355 g/mol. The lowest BCUT2D eigenvalue weighted by atomic mass is 10.2. The highest BCUT2D eigenvalue weighted by atomic mass is 16.6. The molecule has 0 saturated heterocycles. The van der Waals surface area contributed by atoms with Crippen molar-refractivity contribution in [3.8, 4) is 11.5 Å². The molecule has 8 heteroatoms. The fourth-order valence-electron chi connectivity index (χ4n) is 2.34. The molecule has 0 aromatic heterocycles. The van der Waals surface area contributed by atoms with E-state index in [1.54, 1.807) is 42.5 Å². The number of ether oxygens (including phenoxy) is 2.